The number of rotatable bonds is 5. The highest BCUT2D eigenvalue weighted by atomic mass is 16.5. The molecule has 0 bridgehead atoms. The first-order valence-corrected chi connectivity index (χ1v) is 6.22. The molecule has 5 nitrogen and oxygen atoms in total. The van der Waals surface area contributed by atoms with Crippen LogP contribution >= 0.6 is 0 Å². The van der Waals surface area contributed by atoms with E-state index >= 15 is 0 Å². The predicted octanol–water partition coefficient (Wildman–Crippen LogP) is 1.65. The van der Waals surface area contributed by atoms with Crippen LogP contribution in [-0.4, -0.2) is 24.5 Å². The van der Waals surface area contributed by atoms with Crippen molar-refractivity contribution in [3.05, 3.63) is 29.3 Å². The van der Waals surface area contributed by atoms with E-state index in [1.54, 1.807) is 18.2 Å². The van der Waals surface area contributed by atoms with E-state index in [2.05, 4.69) is 5.32 Å². The Balaban J connectivity index is 2.45. The Morgan fingerprint density at radius 3 is 2.58 bits per heavy atom. The molecule has 1 aromatic rings. The van der Waals surface area contributed by atoms with E-state index in [0.29, 0.717) is 11.3 Å². The van der Waals surface area contributed by atoms with Crippen LogP contribution in [-0.2, 0) is 9.53 Å². The van der Waals surface area contributed by atoms with E-state index in [1.807, 2.05) is 20.8 Å². The van der Waals surface area contributed by atoms with Crippen LogP contribution in [0.5, 0.6) is 0 Å². The molecular formula is C14H20N2O3. The third kappa shape index (κ3) is 5.42. The number of anilines is 1. The Hall–Kier alpha value is -2.04. The first kappa shape index (κ1) is 15.0. The number of esters is 1. The normalized spacial score (nSPS) is 10.3. The summed E-state index contributed by atoms with van der Waals surface area (Å²) in [4.78, 5) is 23.1. The topological polar surface area (TPSA) is 81.4 Å². The first-order chi connectivity index (χ1) is 8.88. The smallest absolute Gasteiger partial charge is 0.338 e. The zero-order chi connectivity index (χ0) is 14.4. The minimum atomic E-state index is -0.465. The maximum absolute atomic E-state index is 11.7. The molecule has 1 aromatic carbocycles. The zero-order valence-corrected chi connectivity index (χ0v) is 11.5. The van der Waals surface area contributed by atoms with E-state index in [0.717, 1.165) is 5.56 Å². The van der Waals surface area contributed by atoms with Crippen molar-refractivity contribution in [3.63, 3.8) is 0 Å². The highest BCUT2D eigenvalue weighted by molar-refractivity contribution is 5.90. The summed E-state index contributed by atoms with van der Waals surface area (Å²) in [5, 5.41) is 2.72. The molecule has 1 rings (SSSR count). The number of ether oxygens (including phenoxy) is 1. The van der Waals surface area contributed by atoms with Crippen LogP contribution in [0, 0.1) is 6.92 Å². The molecule has 0 unspecified atom stereocenters. The second-order valence-electron chi connectivity index (χ2n) is 4.74. The molecule has 3 N–H and O–H groups in total. The van der Waals surface area contributed by atoms with Gasteiger partial charge in [0.05, 0.1) is 12.0 Å². The number of carbonyl (C=O) groups excluding carboxylic acids is 2. The van der Waals surface area contributed by atoms with Crippen LogP contribution < -0.4 is 11.1 Å². The fourth-order valence-electron chi connectivity index (χ4n) is 1.64. The van der Waals surface area contributed by atoms with Gasteiger partial charge in [-0.1, -0.05) is 0 Å². The molecule has 104 valence electrons. The van der Waals surface area contributed by atoms with Crippen LogP contribution in [0.3, 0.4) is 0 Å². The van der Waals surface area contributed by atoms with Crippen molar-refractivity contribution in [1.29, 1.82) is 0 Å². The quantitative estimate of drug-likeness (QED) is 0.626. The summed E-state index contributed by atoms with van der Waals surface area (Å²) in [5.74, 6) is -0.598. The molecule has 0 aliphatic heterocycles. The van der Waals surface area contributed by atoms with Gasteiger partial charge in [-0.15, -0.1) is 0 Å². The number of carbonyl (C=O) groups is 2. The van der Waals surface area contributed by atoms with E-state index in [4.69, 9.17) is 10.5 Å². The Labute approximate surface area is 113 Å². The molecule has 19 heavy (non-hydrogen) atoms. The fraction of sp³-hybridized carbons (Fsp3) is 0.429. The SMILES string of the molecule is Cc1cc(N)cc(C(=O)OCCC(=O)NC(C)C)c1. The lowest BCUT2D eigenvalue weighted by Crippen LogP contribution is -2.31. The molecule has 0 spiro atoms. The molecule has 0 saturated heterocycles. The molecule has 0 saturated carbocycles. The molecule has 0 radical (unpaired) electrons. The van der Waals surface area contributed by atoms with Gasteiger partial charge in [-0.3, -0.25) is 4.79 Å². The van der Waals surface area contributed by atoms with Crippen LogP contribution in [0.1, 0.15) is 36.2 Å². The van der Waals surface area contributed by atoms with Crippen molar-refractivity contribution in [1.82, 2.24) is 5.32 Å². The molecule has 0 atom stereocenters. The maximum Gasteiger partial charge on any atom is 0.338 e. The number of hydrogen-bond acceptors (Lipinski definition) is 4. The second kappa shape index (κ2) is 6.78. The summed E-state index contributed by atoms with van der Waals surface area (Å²) in [6.45, 7) is 5.66. The molecule has 5 heteroatoms. The third-order valence-corrected chi connectivity index (χ3v) is 2.35. The van der Waals surface area contributed by atoms with Gasteiger partial charge in [0, 0.05) is 11.7 Å². The highest BCUT2D eigenvalue weighted by Gasteiger charge is 2.10. The van der Waals surface area contributed by atoms with Crippen LogP contribution in [0.15, 0.2) is 18.2 Å². The Morgan fingerprint density at radius 2 is 2.00 bits per heavy atom. The number of nitrogens with two attached hydrogens (primary N) is 1. The monoisotopic (exact) mass is 264 g/mol. The molecule has 0 fully saturated rings. The Morgan fingerprint density at radius 1 is 1.32 bits per heavy atom. The van der Waals surface area contributed by atoms with Gasteiger partial charge in [0.2, 0.25) is 5.91 Å². The highest BCUT2D eigenvalue weighted by Crippen LogP contribution is 2.12. The summed E-state index contributed by atoms with van der Waals surface area (Å²) in [7, 11) is 0. The predicted molar refractivity (Wildman–Crippen MR) is 73.8 cm³/mol. The van der Waals surface area contributed by atoms with Crippen molar-refractivity contribution in [3.8, 4) is 0 Å². The van der Waals surface area contributed by atoms with Crippen molar-refractivity contribution in [2.24, 2.45) is 0 Å². The van der Waals surface area contributed by atoms with Crippen molar-refractivity contribution in [2.45, 2.75) is 33.2 Å². The van der Waals surface area contributed by atoms with E-state index in [9.17, 15) is 9.59 Å². The van der Waals surface area contributed by atoms with E-state index in [-0.39, 0.29) is 25.0 Å². The van der Waals surface area contributed by atoms with Crippen LogP contribution in [0.2, 0.25) is 0 Å². The van der Waals surface area contributed by atoms with Gasteiger partial charge in [0.25, 0.3) is 0 Å². The molecular weight excluding hydrogens is 244 g/mol. The van der Waals surface area contributed by atoms with E-state index in [1.165, 1.54) is 0 Å². The van der Waals surface area contributed by atoms with Gasteiger partial charge in [-0.05, 0) is 44.5 Å². The summed E-state index contributed by atoms with van der Waals surface area (Å²) in [5.41, 5.74) is 7.47. The van der Waals surface area contributed by atoms with E-state index < -0.39 is 5.97 Å². The van der Waals surface area contributed by atoms with Crippen LogP contribution in [0.4, 0.5) is 5.69 Å². The van der Waals surface area contributed by atoms with Crippen molar-refractivity contribution in [2.75, 3.05) is 12.3 Å². The number of benzene rings is 1. The standard InChI is InChI=1S/C14H20N2O3/c1-9(2)16-13(17)4-5-19-14(18)11-6-10(3)7-12(15)8-11/h6-9H,4-5,15H2,1-3H3,(H,16,17). The van der Waals surface area contributed by atoms with Gasteiger partial charge in [-0.25, -0.2) is 4.79 Å². The van der Waals surface area contributed by atoms with Gasteiger partial charge < -0.3 is 15.8 Å². The zero-order valence-electron chi connectivity index (χ0n) is 11.5. The van der Waals surface area contributed by atoms with Crippen LogP contribution in [0.25, 0.3) is 0 Å². The number of amides is 1. The summed E-state index contributed by atoms with van der Waals surface area (Å²) >= 11 is 0. The average molecular weight is 264 g/mol. The maximum atomic E-state index is 11.7. The van der Waals surface area contributed by atoms with Gasteiger partial charge in [0.15, 0.2) is 0 Å². The largest absolute Gasteiger partial charge is 0.462 e. The Kier molecular flexibility index (Phi) is 5.36. The molecule has 0 aliphatic carbocycles. The average Bonchev–Trinajstić information content (AvgIpc) is 2.26. The summed E-state index contributed by atoms with van der Waals surface area (Å²) in [6.07, 6.45) is 0.158. The lowest BCUT2D eigenvalue weighted by molar-refractivity contribution is -0.122. The lowest BCUT2D eigenvalue weighted by Gasteiger charge is -2.09. The fourth-order valence-corrected chi connectivity index (χ4v) is 1.64. The minimum Gasteiger partial charge on any atom is -0.462 e. The second-order valence-corrected chi connectivity index (χ2v) is 4.74. The first-order valence-electron chi connectivity index (χ1n) is 6.22. The molecule has 0 heterocycles. The Bertz CT molecular complexity index is 450. The van der Waals surface area contributed by atoms with Gasteiger partial charge >= 0.3 is 5.97 Å². The van der Waals surface area contributed by atoms with Crippen molar-refractivity contribution >= 4 is 17.6 Å². The third-order valence-electron chi connectivity index (χ3n) is 2.35. The number of hydrogen-bond donors (Lipinski definition) is 2. The summed E-state index contributed by atoms with van der Waals surface area (Å²) in [6, 6.07) is 5.11. The minimum absolute atomic E-state index is 0.0607. The number of aryl methyl sites for hydroxylation is 1. The summed E-state index contributed by atoms with van der Waals surface area (Å²) < 4.78 is 5.03. The molecule has 0 aliphatic rings. The molecule has 1 amide bonds. The number of nitrogens with one attached hydrogen (secondary N) is 1. The van der Waals surface area contributed by atoms with Gasteiger partial charge in [0.1, 0.15) is 6.61 Å². The molecule has 0 aromatic heterocycles. The van der Waals surface area contributed by atoms with Gasteiger partial charge in [-0.2, -0.15) is 0 Å². The lowest BCUT2D eigenvalue weighted by atomic mass is 10.1. The van der Waals surface area contributed by atoms with Crippen molar-refractivity contribution < 1.29 is 14.3 Å². The number of nitrogen functional groups attached to an aromatic ring is 1.